The smallest absolute Gasteiger partial charge is 0.217 e. The minimum atomic E-state index is -0.0461. The molecular formula is C15H15NO2. The molecule has 0 saturated heterocycles. The summed E-state index contributed by atoms with van der Waals surface area (Å²) in [5.74, 6) is 0.236. The molecule has 92 valence electrons. The van der Waals surface area contributed by atoms with Gasteiger partial charge < -0.3 is 10.4 Å². The third-order valence-electron chi connectivity index (χ3n) is 2.70. The first kappa shape index (κ1) is 12.2. The maximum absolute atomic E-state index is 10.7. The summed E-state index contributed by atoms with van der Waals surface area (Å²) >= 11 is 0. The van der Waals surface area contributed by atoms with Gasteiger partial charge in [-0.25, -0.2) is 0 Å². The first-order valence-corrected chi connectivity index (χ1v) is 5.80. The molecule has 0 fully saturated rings. The molecule has 0 atom stereocenters. The minimum Gasteiger partial charge on any atom is -0.507 e. The second kappa shape index (κ2) is 5.36. The fourth-order valence-electron chi connectivity index (χ4n) is 1.84. The van der Waals surface area contributed by atoms with Crippen LogP contribution in [0.3, 0.4) is 0 Å². The van der Waals surface area contributed by atoms with Crippen LogP contribution in [-0.4, -0.2) is 17.6 Å². The van der Waals surface area contributed by atoms with Crippen LogP contribution in [-0.2, 0) is 4.79 Å². The van der Waals surface area contributed by atoms with Crippen molar-refractivity contribution < 1.29 is 9.90 Å². The summed E-state index contributed by atoms with van der Waals surface area (Å²) in [5, 5.41) is 14.3. The first-order chi connectivity index (χ1) is 8.68. The van der Waals surface area contributed by atoms with E-state index in [1.165, 1.54) is 6.92 Å². The van der Waals surface area contributed by atoms with Crippen molar-refractivity contribution in [1.82, 2.24) is 5.32 Å². The van der Waals surface area contributed by atoms with Crippen molar-refractivity contribution in [2.24, 2.45) is 0 Å². The predicted molar refractivity (Wildman–Crippen MR) is 73.3 cm³/mol. The number of amides is 1. The van der Waals surface area contributed by atoms with Crippen molar-refractivity contribution in [3.63, 3.8) is 0 Å². The van der Waals surface area contributed by atoms with Gasteiger partial charge in [0.15, 0.2) is 0 Å². The Labute approximate surface area is 106 Å². The van der Waals surface area contributed by atoms with E-state index >= 15 is 0 Å². The molecule has 1 amide bonds. The van der Waals surface area contributed by atoms with Crippen molar-refractivity contribution >= 4 is 22.8 Å². The Balaban J connectivity index is 2.29. The molecule has 0 radical (unpaired) electrons. The minimum absolute atomic E-state index is 0.0461. The van der Waals surface area contributed by atoms with Gasteiger partial charge in [-0.3, -0.25) is 4.79 Å². The molecule has 0 aliphatic rings. The SMILES string of the molecule is CC(=O)NCC=Cc1ccc(O)c2ccccc12. The second-order valence-corrected chi connectivity index (χ2v) is 4.06. The maximum atomic E-state index is 10.7. The Morgan fingerprint density at radius 3 is 2.67 bits per heavy atom. The molecule has 3 heteroatoms. The van der Waals surface area contributed by atoms with Gasteiger partial charge in [-0.1, -0.05) is 42.5 Å². The van der Waals surface area contributed by atoms with E-state index in [1.807, 2.05) is 42.5 Å². The average Bonchev–Trinajstić information content (AvgIpc) is 2.37. The largest absolute Gasteiger partial charge is 0.507 e. The van der Waals surface area contributed by atoms with E-state index in [4.69, 9.17) is 0 Å². The van der Waals surface area contributed by atoms with Gasteiger partial charge in [-0.15, -0.1) is 0 Å². The number of benzene rings is 2. The number of phenols is 1. The molecule has 2 aromatic carbocycles. The number of nitrogens with one attached hydrogen (secondary N) is 1. The number of rotatable bonds is 3. The lowest BCUT2D eigenvalue weighted by Crippen LogP contribution is -2.19. The summed E-state index contributed by atoms with van der Waals surface area (Å²) in [5.41, 5.74) is 1.02. The van der Waals surface area contributed by atoms with Crippen molar-refractivity contribution in [2.45, 2.75) is 6.92 Å². The number of carbonyl (C=O) groups excluding carboxylic acids is 1. The van der Waals surface area contributed by atoms with E-state index in [0.717, 1.165) is 16.3 Å². The highest BCUT2D eigenvalue weighted by Crippen LogP contribution is 2.27. The van der Waals surface area contributed by atoms with Gasteiger partial charge in [0.2, 0.25) is 5.91 Å². The molecule has 0 aromatic heterocycles. The molecule has 0 aliphatic heterocycles. The Bertz CT molecular complexity index is 602. The normalized spacial score (nSPS) is 10.9. The third kappa shape index (κ3) is 2.69. The number of carbonyl (C=O) groups is 1. The van der Waals surface area contributed by atoms with Crippen molar-refractivity contribution in [1.29, 1.82) is 0 Å². The molecule has 0 unspecified atom stereocenters. The zero-order valence-electron chi connectivity index (χ0n) is 10.2. The Morgan fingerprint density at radius 2 is 1.94 bits per heavy atom. The van der Waals surface area contributed by atoms with Gasteiger partial charge in [-0.2, -0.15) is 0 Å². The summed E-state index contributed by atoms with van der Waals surface area (Å²) < 4.78 is 0. The van der Waals surface area contributed by atoms with E-state index in [-0.39, 0.29) is 11.7 Å². The highest BCUT2D eigenvalue weighted by atomic mass is 16.3. The Kier molecular flexibility index (Phi) is 3.63. The predicted octanol–water partition coefficient (Wildman–Crippen LogP) is 2.69. The zero-order valence-corrected chi connectivity index (χ0v) is 10.2. The monoisotopic (exact) mass is 241 g/mol. The van der Waals surface area contributed by atoms with Crippen LogP contribution in [0.1, 0.15) is 12.5 Å². The van der Waals surface area contributed by atoms with Crippen LogP contribution in [0.5, 0.6) is 5.75 Å². The van der Waals surface area contributed by atoms with Crippen molar-refractivity contribution in [3.8, 4) is 5.75 Å². The zero-order chi connectivity index (χ0) is 13.0. The molecule has 0 bridgehead atoms. The molecule has 0 heterocycles. The Morgan fingerprint density at radius 1 is 1.22 bits per heavy atom. The average molecular weight is 241 g/mol. The lowest BCUT2D eigenvalue weighted by Gasteiger charge is -2.04. The number of aromatic hydroxyl groups is 1. The van der Waals surface area contributed by atoms with Crippen LogP contribution in [0.25, 0.3) is 16.8 Å². The lowest BCUT2D eigenvalue weighted by atomic mass is 10.0. The number of hydrogen-bond donors (Lipinski definition) is 2. The standard InChI is InChI=1S/C15H15NO2/c1-11(17)16-10-4-5-12-8-9-15(18)14-7-3-2-6-13(12)14/h2-9,18H,10H2,1H3,(H,16,17). The highest BCUT2D eigenvalue weighted by molar-refractivity contribution is 5.94. The topological polar surface area (TPSA) is 49.3 Å². The van der Waals surface area contributed by atoms with Crippen LogP contribution < -0.4 is 5.32 Å². The quantitative estimate of drug-likeness (QED) is 0.868. The maximum Gasteiger partial charge on any atom is 0.217 e. The van der Waals surface area contributed by atoms with E-state index in [1.54, 1.807) is 6.07 Å². The molecule has 2 N–H and O–H groups in total. The van der Waals surface area contributed by atoms with Crippen LogP contribution in [0.2, 0.25) is 0 Å². The molecule has 0 saturated carbocycles. The van der Waals surface area contributed by atoms with Crippen molar-refractivity contribution in [3.05, 3.63) is 48.0 Å². The molecule has 0 spiro atoms. The molecule has 2 aromatic rings. The van der Waals surface area contributed by atoms with Crippen LogP contribution in [0, 0.1) is 0 Å². The van der Waals surface area contributed by atoms with Crippen LogP contribution in [0.4, 0.5) is 0 Å². The number of fused-ring (bicyclic) bond motifs is 1. The third-order valence-corrected chi connectivity index (χ3v) is 2.70. The summed E-state index contributed by atoms with van der Waals surface area (Å²) in [7, 11) is 0. The summed E-state index contributed by atoms with van der Waals surface area (Å²) in [6.07, 6.45) is 3.83. The second-order valence-electron chi connectivity index (χ2n) is 4.06. The van der Waals surface area contributed by atoms with E-state index in [0.29, 0.717) is 6.54 Å². The number of phenolic OH excluding ortho intramolecular Hbond substituents is 1. The summed E-state index contributed by atoms with van der Waals surface area (Å²) in [6, 6.07) is 11.2. The fraction of sp³-hybridized carbons (Fsp3) is 0.133. The van der Waals surface area contributed by atoms with Gasteiger partial charge in [0.25, 0.3) is 0 Å². The summed E-state index contributed by atoms with van der Waals surface area (Å²) in [6.45, 7) is 1.99. The number of hydrogen-bond acceptors (Lipinski definition) is 2. The van der Waals surface area contributed by atoms with Crippen molar-refractivity contribution in [2.75, 3.05) is 6.54 Å². The Hall–Kier alpha value is -2.29. The first-order valence-electron chi connectivity index (χ1n) is 5.80. The van der Waals surface area contributed by atoms with Crippen LogP contribution >= 0.6 is 0 Å². The molecular weight excluding hydrogens is 226 g/mol. The van der Waals surface area contributed by atoms with Gasteiger partial charge in [0, 0.05) is 18.9 Å². The molecule has 2 rings (SSSR count). The van der Waals surface area contributed by atoms with Gasteiger partial charge in [0.1, 0.15) is 5.75 Å². The van der Waals surface area contributed by atoms with Gasteiger partial charge in [0.05, 0.1) is 0 Å². The molecule has 3 nitrogen and oxygen atoms in total. The highest BCUT2D eigenvalue weighted by Gasteiger charge is 2.01. The van der Waals surface area contributed by atoms with Gasteiger partial charge in [-0.05, 0) is 17.0 Å². The van der Waals surface area contributed by atoms with Crippen LogP contribution in [0.15, 0.2) is 42.5 Å². The van der Waals surface area contributed by atoms with E-state index in [9.17, 15) is 9.90 Å². The van der Waals surface area contributed by atoms with E-state index < -0.39 is 0 Å². The van der Waals surface area contributed by atoms with Gasteiger partial charge >= 0.3 is 0 Å². The molecule has 18 heavy (non-hydrogen) atoms. The summed E-state index contributed by atoms with van der Waals surface area (Å²) in [4.78, 5) is 10.7. The molecule has 0 aliphatic carbocycles. The fourth-order valence-corrected chi connectivity index (χ4v) is 1.84. The lowest BCUT2D eigenvalue weighted by molar-refractivity contribution is -0.118. The van der Waals surface area contributed by atoms with E-state index in [2.05, 4.69) is 5.32 Å².